The SMILES string of the molecule is CCC=C(C)C(=O)Nc1ccc(F)c(-c2cnc3[nH]cc(-c4cc(F)cc(F)c4OC)c3c2)c1. The van der Waals surface area contributed by atoms with E-state index in [1.54, 1.807) is 25.3 Å². The molecule has 5 nitrogen and oxygen atoms in total. The molecule has 4 rings (SSSR count). The summed E-state index contributed by atoms with van der Waals surface area (Å²) in [4.78, 5) is 19.6. The number of carbonyl (C=O) groups is 1. The number of carbonyl (C=O) groups excluding carboxylic acids is 1. The number of hydrogen-bond donors (Lipinski definition) is 2. The Morgan fingerprint density at radius 3 is 2.62 bits per heavy atom. The monoisotopic (exact) mass is 465 g/mol. The second kappa shape index (κ2) is 9.43. The van der Waals surface area contributed by atoms with Crippen molar-refractivity contribution in [1.82, 2.24) is 9.97 Å². The molecule has 0 saturated carbocycles. The standard InChI is InChI=1S/C26H22F3N3O2/c1-4-5-14(2)26(33)32-17-6-7-22(28)18(11-17)15-8-20-21(13-31-25(20)30-12-15)19-9-16(27)10-23(29)24(19)34-3/h5-13H,4H2,1-3H3,(H,30,31)(H,32,33). The van der Waals surface area contributed by atoms with Crippen LogP contribution in [0, 0.1) is 17.5 Å². The van der Waals surface area contributed by atoms with Gasteiger partial charge in [0, 0.05) is 57.4 Å². The zero-order valence-corrected chi connectivity index (χ0v) is 18.8. The van der Waals surface area contributed by atoms with E-state index in [0.717, 1.165) is 12.5 Å². The van der Waals surface area contributed by atoms with Gasteiger partial charge in [0.1, 0.15) is 17.3 Å². The van der Waals surface area contributed by atoms with Gasteiger partial charge in [-0.05, 0) is 43.7 Å². The van der Waals surface area contributed by atoms with Crippen LogP contribution in [-0.2, 0) is 4.79 Å². The van der Waals surface area contributed by atoms with Crippen molar-refractivity contribution < 1.29 is 22.7 Å². The van der Waals surface area contributed by atoms with Gasteiger partial charge >= 0.3 is 0 Å². The van der Waals surface area contributed by atoms with Gasteiger partial charge in [-0.3, -0.25) is 4.79 Å². The van der Waals surface area contributed by atoms with E-state index in [-0.39, 0.29) is 22.8 Å². The Kier molecular flexibility index (Phi) is 6.40. The van der Waals surface area contributed by atoms with Crippen LogP contribution in [0.4, 0.5) is 18.9 Å². The smallest absolute Gasteiger partial charge is 0.250 e. The molecule has 8 heteroatoms. The van der Waals surface area contributed by atoms with Gasteiger partial charge in [-0.25, -0.2) is 18.2 Å². The molecular formula is C26H22F3N3O2. The number of amides is 1. The maximum absolute atomic E-state index is 14.8. The molecule has 0 aliphatic rings. The fraction of sp³-hybridized carbons (Fsp3) is 0.154. The molecule has 2 aromatic heterocycles. The molecule has 0 spiro atoms. The highest BCUT2D eigenvalue weighted by Crippen LogP contribution is 2.38. The van der Waals surface area contributed by atoms with Gasteiger partial charge in [0.2, 0.25) is 0 Å². The van der Waals surface area contributed by atoms with E-state index in [1.165, 1.54) is 37.6 Å². The molecule has 0 aliphatic carbocycles. The highest BCUT2D eigenvalue weighted by atomic mass is 19.1. The predicted octanol–water partition coefficient (Wildman–Crippen LogP) is 6.62. The minimum Gasteiger partial charge on any atom is -0.493 e. The molecule has 0 bridgehead atoms. The van der Waals surface area contributed by atoms with Gasteiger partial charge in [0.05, 0.1) is 7.11 Å². The lowest BCUT2D eigenvalue weighted by Crippen LogP contribution is -2.12. The van der Waals surface area contributed by atoms with Crippen molar-refractivity contribution in [3.63, 3.8) is 0 Å². The number of benzene rings is 2. The van der Waals surface area contributed by atoms with Crippen LogP contribution in [-0.4, -0.2) is 23.0 Å². The number of anilines is 1. The molecule has 4 aromatic rings. The van der Waals surface area contributed by atoms with Gasteiger partial charge in [-0.1, -0.05) is 13.0 Å². The number of methoxy groups -OCH3 is 1. The van der Waals surface area contributed by atoms with Crippen LogP contribution in [0.3, 0.4) is 0 Å². The average molecular weight is 465 g/mol. The van der Waals surface area contributed by atoms with Crippen LogP contribution in [0.25, 0.3) is 33.3 Å². The number of nitrogens with zero attached hydrogens (tertiary/aromatic N) is 1. The third kappa shape index (κ3) is 4.39. The summed E-state index contributed by atoms with van der Waals surface area (Å²) in [6, 6.07) is 7.83. The molecule has 0 saturated heterocycles. The number of fused-ring (bicyclic) bond motifs is 1. The van der Waals surface area contributed by atoms with E-state index in [2.05, 4.69) is 15.3 Å². The Morgan fingerprint density at radius 1 is 1.09 bits per heavy atom. The summed E-state index contributed by atoms with van der Waals surface area (Å²) in [5.41, 5.74) is 2.73. The van der Waals surface area contributed by atoms with Gasteiger partial charge in [-0.15, -0.1) is 0 Å². The third-order valence-electron chi connectivity index (χ3n) is 5.44. The molecule has 34 heavy (non-hydrogen) atoms. The second-order valence-electron chi connectivity index (χ2n) is 7.74. The summed E-state index contributed by atoms with van der Waals surface area (Å²) in [5, 5.41) is 3.28. The number of pyridine rings is 1. The minimum absolute atomic E-state index is 0.112. The number of hydrogen-bond acceptors (Lipinski definition) is 3. The number of H-pyrrole nitrogens is 1. The Hall–Kier alpha value is -4.07. The molecule has 1 amide bonds. The minimum atomic E-state index is -0.835. The number of aromatic amines is 1. The quantitative estimate of drug-likeness (QED) is 0.315. The van der Waals surface area contributed by atoms with Crippen molar-refractivity contribution in [2.24, 2.45) is 0 Å². The largest absolute Gasteiger partial charge is 0.493 e. The van der Waals surface area contributed by atoms with Crippen LogP contribution < -0.4 is 10.1 Å². The molecule has 0 unspecified atom stereocenters. The molecule has 0 aliphatic heterocycles. The van der Waals surface area contributed by atoms with E-state index < -0.39 is 17.5 Å². The zero-order chi connectivity index (χ0) is 24.4. The maximum atomic E-state index is 14.8. The first-order valence-electron chi connectivity index (χ1n) is 10.6. The number of rotatable bonds is 6. The third-order valence-corrected chi connectivity index (χ3v) is 5.44. The van der Waals surface area contributed by atoms with Crippen molar-refractivity contribution >= 4 is 22.6 Å². The Labute approximate surface area is 194 Å². The van der Waals surface area contributed by atoms with Crippen LogP contribution in [0.15, 0.2) is 60.4 Å². The highest BCUT2D eigenvalue weighted by Gasteiger charge is 2.18. The summed E-state index contributed by atoms with van der Waals surface area (Å²) in [7, 11) is 1.30. The van der Waals surface area contributed by atoms with Crippen LogP contribution in [0.5, 0.6) is 5.75 Å². The molecule has 174 valence electrons. The Bertz CT molecular complexity index is 1430. The van der Waals surface area contributed by atoms with Gasteiger partial charge in [0.15, 0.2) is 11.6 Å². The predicted molar refractivity (Wildman–Crippen MR) is 126 cm³/mol. The number of ether oxygens (including phenoxy) is 1. The fourth-order valence-electron chi connectivity index (χ4n) is 3.79. The topological polar surface area (TPSA) is 67.0 Å². The van der Waals surface area contributed by atoms with Crippen molar-refractivity contribution in [3.05, 3.63) is 77.9 Å². The van der Waals surface area contributed by atoms with Gasteiger partial charge in [-0.2, -0.15) is 0 Å². The number of halogens is 3. The summed E-state index contributed by atoms with van der Waals surface area (Å²) in [6.45, 7) is 3.64. The molecule has 0 fully saturated rings. The molecule has 2 N–H and O–H groups in total. The van der Waals surface area contributed by atoms with Crippen molar-refractivity contribution in [1.29, 1.82) is 0 Å². The highest BCUT2D eigenvalue weighted by molar-refractivity contribution is 6.03. The van der Waals surface area contributed by atoms with E-state index in [4.69, 9.17) is 4.74 Å². The number of allylic oxidation sites excluding steroid dienone is 1. The molecule has 0 atom stereocenters. The van der Waals surface area contributed by atoms with Crippen molar-refractivity contribution in [2.45, 2.75) is 20.3 Å². The summed E-state index contributed by atoms with van der Waals surface area (Å²) in [5.74, 6) is -2.49. The zero-order valence-electron chi connectivity index (χ0n) is 18.8. The summed E-state index contributed by atoms with van der Waals surface area (Å²) in [6.07, 6.45) is 5.57. The van der Waals surface area contributed by atoms with E-state index in [1.807, 2.05) is 6.92 Å². The lowest BCUT2D eigenvalue weighted by atomic mass is 10.0. The average Bonchev–Trinajstić information content (AvgIpc) is 3.23. The maximum Gasteiger partial charge on any atom is 0.250 e. The lowest BCUT2D eigenvalue weighted by Gasteiger charge is -2.11. The fourth-order valence-corrected chi connectivity index (χ4v) is 3.79. The summed E-state index contributed by atoms with van der Waals surface area (Å²) >= 11 is 0. The lowest BCUT2D eigenvalue weighted by molar-refractivity contribution is -0.112. The second-order valence-corrected chi connectivity index (χ2v) is 7.74. The normalized spacial score (nSPS) is 11.6. The Balaban J connectivity index is 1.79. The van der Waals surface area contributed by atoms with E-state index in [9.17, 15) is 18.0 Å². The Morgan fingerprint density at radius 2 is 1.88 bits per heavy atom. The van der Waals surface area contributed by atoms with E-state index in [0.29, 0.717) is 33.4 Å². The molecular weight excluding hydrogens is 443 g/mol. The molecule has 2 heterocycles. The number of aromatic nitrogens is 2. The van der Waals surface area contributed by atoms with Crippen molar-refractivity contribution in [3.8, 4) is 28.0 Å². The van der Waals surface area contributed by atoms with Crippen LogP contribution in [0.1, 0.15) is 20.3 Å². The van der Waals surface area contributed by atoms with Gasteiger partial charge in [0.25, 0.3) is 5.91 Å². The first-order chi connectivity index (χ1) is 16.3. The first-order valence-corrected chi connectivity index (χ1v) is 10.6. The first kappa shape index (κ1) is 23.1. The summed E-state index contributed by atoms with van der Waals surface area (Å²) < 4.78 is 48.2. The van der Waals surface area contributed by atoms with Gasteiger partial charge < -0.3 is 15.0 Å². The molecule has 2 aromatic carbocycles. The van der Waals surface area contributed by atoms with E-state index >= 15 is 0 Å². The molecule has 0 radical (unpaired) electrons. The van der Waals surface area contributed by atoms with Crippen molar-refractivity contribution in [2.75, 3.05) is 12.4 Å². The van der Waals surface area contributed by atoms with Crippen LogP contribution >= 0.6 is 0 Å². The number of nitrogens with one attached hydrogen (secondary N) is 2. The van der Waals surface area contributed by atoms with Crippen LogP contribution in [0.2, 0.25) is 0 Å².